The van der Waals surface area contributed by atoms with Crippen molar-refractivity contribution in [2.75, 3.05) is 0 Å². The van der Waals surface area contributed by atoms with Gasteiger partial charge in [-0.15, -0.1) is 0 Å². The van der Waals surface area contributed by atoms with Crippen LogP contribution in [-0.4, -0.2) is 37.6 Å². The molecule has 1 heterocycles. The summed E-state index contributed by atoms with van der Waals surface area (Å²) >= 11 is 0. The molecule has 108 valence electrons. The van der Waals surface area contributed by atoms with Gasteiger partial charge >= 0.3 is 5.97 Å². The second kappa shape index (κ2) is 6.17. The standard InChI is InChI=1S/C14H13N3O4/c15-6-5-12(18)13(19)9-3-1-8(2-4-9)10-7-11(14(20)21)17-16-10/h1-4,7,12-13,18-19H,5H2,(H,16,17)(H,20,21). The highest BCUT2D eigenvalue weighted by Crippen LogP contribution is 2.23. The van der Waals surface area contributed by atoms with Crippen LogP contribution < -0.4 is 0 Å². The number of aliphatic hydroxyl groups excluding tert-OH is 2. The minimum absolute atomic E-state index is 0.0152. The zero-order chi connectivity index (χ0) is 15.4. The van der Waals surface area contributed by atoms with Gasteiger partial charge in [0, 0.05) is 5.56 Å². The van der Waals surface area contributed by atoms with E-state index in [2.05, 4.69) is 10.2 Å². The SMILES string of the molecule is N#CCC(O)C(O)c1ccc(-c2cc(C(=O)O)[nH]n2)cc1. The lowest BCUT2D eigenvalue weighted by Crippen LogP contribution is -2.17. The first-order valence-corrected chi connectivity index (χ1v) is 6.15. The van der Waals surface area contributed by atoms with Crippen LogP contribution in [0, 0.1) is 11.3 Å². The molecule has 2 aromatic rings. The molecule has 0 aliphatic heterocycles. The number of carboxylic acid groups (broad SMARTS) is 1. The monoisotopic (exact) mass is 287 g/mol. The summed E-state index contributed by atoms with van der Waals surface area (Å²) in [5.74, 6) is -1.10. The van der Waals surface area contributed by atoms with E-state index in [-0.39, 0.29) is 12.1 Å². The number of aliphatic hydroxyl groups is 2. The second-order valence-electron chi connectivity index (χ2n) is 4.47. The Morgan fingerprint density at radius 2 is 2.00 bits per heavy atom. The lowest BCUT2D eigenvalue weighted by molar-refractivity contribution is 0.0216. The molecule has 21 heavy (non-hydrogen) atoms. The van der Waals surface area contributed by atoms with E-state index < -0.39 is 18.2 Å². The van der Waals surface area contributed by atoms with Crippen molar-refractivity contribution < 1.29 is 20.1 Å². The number of hydrogen-bond donors (Lipinski definition) is 4. The van der Waals surface area contributed by atoms with Crippen LogP contribution in [0.5, 0.6) is 0 Å². The molecule has 0 saturated carbocycles. The third-order valence-electron chi connectivity index (χ3n) is 3.02. The molecular weight excluding hydrogens is 274 g/mol. The Labute approximate surface area is 120 Å². The molecule has 1 aromatic carbocycles. The minimum Gasteiger partial charge on any atom is -0.477 e. The molecule has 0 fully saturated rings. The van der Waals surface area contributed by atoms with E-state index in [1.807, 2.05) is 0 Å². The number of carbonyl (C=O) groups is 1. The highest BCUT2D eigenvalue weighted by atomic mass is 16.4. The fourth-order valence-corrected chi connectivity index (χ4v) is 1.86. The smallest absolute Gasteiger partial charge is 0.353 e. The molecule has 2 unspecified atom stereocenters. The van der Waals surface area contributed by atoms with Crippen molar-refractivity contribution in [1.29, 1.82) is 5.26 Å². The quantitative estimate of drug-likeness (QED) is 0.651. The van der Waals surface area contributed by atoms with E-state index in [1.54, 1.807) is 30.3 Å². The van der Waals surface area contributed by atoms with Gasteiger partial charge in [0.2, 0.25) is 0 Å². The summed E-state index contributed by atoms with van der Waals surface area (Å²) in [5.41, 5.74) is 1.59. The van der Waals surface area contributed by atoms with Crippen LogP contribution in [-0.2, 0) is 0 Å². The first kappa shape index (κ1) is 14.7. The van der Waals surface area contributed by atoms with Crippen molar-refractivity contribution in [3.8, 4) is 17.3 Å². The number of benzene rings is 1. The van der Waals surface area contributed by atoms with Crippen LogP contribution in [0.3, 0.4) is 0 Å². The molecule has 0 radical (unpaired) electrons. The average molecular weight is 287 g/mol. The van der Waals surface area contributed by atoms with Gasteiger partial charge in [-0.1, -0.05) is 24.3 Å². The Kier molecular flexibility index (Phi) is 4.33. The average Bonchev–Trinajstić information content (AvgIpc) is 2.97. The van der Waals surface area contributed by atoms with Gasteiger partial charge in [-0.05, 0) is 11.6 Å². The number of aromatic amines is 1. The summed E-state index contributed by atoms with van der Waals surface area (Å²) in [7, 11) is 0. The number of nitrogens with zero attached hydrogens (tertiary/aromatic N) is 2. The Bertz CT molecular complexity index is 672. The highest BCUT2D eigenvalue weighted by molar-refractivity contribution is 5.86. The van der Waals surface area contributed by atoms with Gasteiger partial charge in [-0.3, -0.25) is 5.10 Å². The van der Waals surface area contributed by atoms with E-state index in [4.69, 9.17) is 10.4 Å². The van der Waals surface area contributed by atoms with E-state index >= 15 is 0 Å². The van der Waals surface area contributed by atoms with Gasteiger partial charge in [0.05, 0.1) is 24.3 Å². The Morgan fingerprint density at radius 1 is 1.33 bits per heavy atom. The molecule has 0 aliphatic rings. The number of hydrogen-bond acceptors (Lipinski definition) is 5. The van der Waals surface area contributed by atoms with Gasteiger partial charge < -0.3 is 15.3 Å². The highest BCUT2D eigenvalue weighted by Gasteiger charge is 2.18. The Hall–Kier alpha value is -2.69. The molecule has 0 aliphatic carbocycles. The van der Waals surface area contributed by atoms with Crippen LogP contribution >= 0.6 is 0 Å². The third kappa shape index (κ3) is 3.25. The lowest BCUT2D eigenvalue weighted by Gasteiger charge is -2.15. The summed E-state index contributed by atoms with van der Waals surface area (Å²) in [6.45, 7) is 0. The normalized spacial score (nSPS) is 13.4. The van der Waals surface area contributed by atoms with Crippen molar-refractivity contribution in [2.24, 2.45) is 0 Å². The topological polar surface area (TPSA) is 130 Å². The molecule has 2 rings (SSSR count). The number of H-pyrrole nitrogens is 1. The van der Waals surface area contributed by atoms with E-state index in [9.17, 15) is 15.0 Å². The van der Waals surface area contributed by atoms with Crippen molar-refractivity contribution >= 4 is 5.97 Å². The number of rotatable bonds is 5. The number of aromatic nitrogens is 2. The summed E-state index contributed by atoms with van der Waals surface area (Å²) in [4.78, 5) is 10.8. The minimum atomic E-state index is -1.15. The third-order valence-corrected chi connectivity index (χ3v) is 3.02. The van der Waals surface area contributed by atoms with E-state index in [0.717, 1.165) is 0 Å². The largest absolute Gasteiger partial charge is 0.477 e. The molecule has 7 heteroatoms. The van der Waals surface area contributed by atoms with E-state index in [0.29, 0.717) is 16.8 Å². The van der Waals surface area contributed by atoms with Crippen LogP contribution in [0.2, 0.25) is 0 Å². The lowest BCUT2D eigenvalue weighted by atomic mass is 10.0. The fraction of sp³-hybridized carbons (Fsp3) is 0.214. The number of nitrogens with one attached hydrogen (secondary N) is 1. The molecule has 2 atom stereocenters. The predicted octanol–water partition coefficient (Wildman–Crippen LogP) is 1.08. The van der Waals surface area contributed by atoms with E-state index in [1.165, 1.54) is 6.07 Å². The van der Waals surface area contributed by atoms with Gasteiger partial charge in [0.25, 0.3) is 0 Å². The number of carboxylic acids is 1. The maximum absolute atomic E-state index is 10.8. The number of aromatic carboxylic acids is 1. The molecule has 0 amide bonds. The summed E-state index contributed by atoms with van der Waals surface area (Å²) in [6, 6.07) is 9.68. The van der Waals surface area contributed by atoms with Crippen molar-refractivity contribution in [3.63, 3.8) is 0 Å². The summed E-state index contributed by atoms with van der Waals surface area (Å²) in [5, 5.41) is 43.0. The zero-order valence-corrected chi connectivity index (χ0v) is 10.9. The first-order chi connectivity index (χ1) is 10.0. The molecule has 7 nitrogen and oxygen atoms in total. The molecule has 0 saturated heterocycles. The molecular formula is C14H13N3O4. The van der Waals surface area contributed by atoms with Gasteiger partial charge in [-0.25, -0.2) is 4.79 Å². The maximum Gasteiger partial charge on any atom is 0.353 e. The zero-order valence-electron chi connectivity index (χ0n) is 10.9. The molecule has 0 bridgehead atoms. The van der Waals surface area contributed by atoms with Crippen LogP contribution in [0.25, 0.3) is 11.3 Å². The van der Waals surface area contributed by atoms with Gasteiger partial charge in [0.1, 0.15) is 11.8 Å². The molecule has 0 spiro atoms. The molecule has 1 aromatic heterocycles. The van der Waals surface area contributed by atoms with Crippen LogP contribution in [0.4, 0.5) is 0 Å². The number of nitriles is 1. The molecule has 4 N–H and O–H groups in total. The predicted molar refractivity (Wildman–Crippen MR) is 72.2 cm³/mol. The first-order valence-electron chi connectivity index (χ1n) is 6.15. The second-order valence-corrected chi connectivity index (χ2v) is 4.47. The summed E-state index contributed by atoms with van der Waals surface area (Å²) in [6.07, 6.45) is -2.46. The van der Waals surface area contributed by atoms with Crippen molar-refractivity contribution in [2.45, 2.75) is 18.6 Å². The van der Waals surface area contributed by atoms with Gasteiger partial charge in [0.15, 0.2) is 0 Å². The van der Waals surface area contributed by atoms with Crippen molar-refractivity contribution in [3.05, 3.63) is 41.6 Å². The Morgan fingerprint density at radius 3 is 2.52 bits per heavy atom. The van der Waals surface area contributed by atoms with Crippen LogP contribution in [0.15, 0.2) is 30.3 Å². The van der Waals surface area contributed by atoms with Gasteiger partial charge in [-0.2, -0.15) is 10.4 Å². The maximum atomic E-state index is 10.8. The Balaban J connectivity index is 2.18. The van der Waals surface area contributed by atoms with Crippen LogP contribution in [0.1, 0.15) is 28.6 Å². The fourth-order valence-electron chi connectivity index (χ4n) is 1.86. The summed E-state index contributed by atoms with van der Waals surface area (Å²) < 4.78 is 0. The van der Waals surface area contributed by atoms with Crippen molar-refractivity contribution in [1.82, 2.24) is 10.2 Å².